The van der Waals surface area contributed by atoms with Gasteiger partial charge in [0.05, 0.1) is 22.3 Å². The van der Waals surface area contributed by atoms with Crippen LogP contribution >= 0.6 is 0 Å². The Bertz CT molecular complexity index is 897. The largest absolute Gasteiger partial charge is 0.379 e. The maximum Gasteiger partial charge on any atom is 0.269 e. The van der Waals surface area contributed by atoms with Gasteiger partial charge in [-0.2, -0.15) is 10.2 Å². The first-order valence-electron chi connectivity index (χ1n) is 7.59. The average Bonchev–Trinajstić information content (AvgIpc) is 2.68. The van der Waals surface area contributed by atoms with Crippen LogP contribution in [0.15, 0.2) is 68.9 Å². The molecule has 0 atom stereocenters. The molecule has 0 bridgehead atoms. The second kappa shape index (κ2) is 9.28. The third kappa shape index (κ3) is 5.80. The van der Waals surface area contributed by atoms with Crippen molar-refractivity contribution in [3.8, 4) is 0 Å². The number of rotatable bonds is 6. The summed E-state index contributed by atoms with van der Waals surface area (Å²) in [6.45, 7) is 0. The van der Waals surface area contributed by atoms with Gasteiger partial charge in [-0.3, -0.25) is 20.2 Å². The summed E-state index contributed by atoms with van der Waals surface area (Å²) in [4.78, 5) is 20.1. The van der Waals surface area contributed by atoms with Gasteiger partial charge in [0.1, 0.15) is 0 Å². The van der Waals surface area contributed by atoms with Gasteiger partial charge < -0.3 is 11.5 Å². The molecule has 0 aliphatic heterocycles. The molecule has 0 heterocycles. The molecule has 0 unspecified atom stereocenters. The van der Waals surface area contributed by atoms with Gasteiger partial charge in [-0.05, 0) is 35.4 Å². The second-order valence-corrected chi connectivity index (χ2v) is 5.16. The monoisotopic (exact) mass is 382 g/mol. The molecular formula is C16H14N8O4. The number of non-ortho nitro benzene ring substituents is 2. The van der Waals surface area contributed by atoms with Gasteiger partial charge in [-0.1, -0.05) is 0 Å². The Balaban J connectivity index is 1.98. The number of nitrogens with zero attached hydrogens (tertiary/aromatic N) is 6. The minimum Gasteiger partial charge on any atom is -0.379 e. The highest BCUT2D eigenvalue weighted by Crippen LogP contribution is 2.11. The molecule has 4 N–H and O–H groups in total. The second-order valence-electron chi connectivity index (χ2n) is 5.16. The van der Waals surface area contributed by atoms with Crippen molar-refractivity contribution in [3.63, 3.8) is 0 Å². The summed E-state index contributed by atoms with van der Waals surface area (Å²) >= 11 is 0. The minimum atomic E-state index is -0.509. The Labute approximate surface area is 157 Å². The fraction of sp³-hybridized carbons (Fsp3) is 0. The van der Waals surface area contributed by atoms with Crippen LogP contribution in [0.5, 0.6) is 0 Å². The van der Waals surface area contributed by atoms with E-state index in [2.05, 4.69) is 20.4 Å². The number of nitro benzene ring substituents is 2. The van der Waals surface area contributed by atoms with Gasteiger partial charge in [0, 0.05) is 24.3 Å². The van der Waals surface area contributed by atoms with Crippen LogP contribution in [0.3, 0.4) is 0 Å². The van der Waals surface area contributed by atoms with E-state index in [0.717, 1.165) is 0 Å². The normalized spacial score (nSPS) is 12.6. The first kappa shape index (κ1) is 19.8. The van der Waals surface area contributed by atoms with Crippen LogP contribution in [-0.4, -0.2) is 33.9 Å². The Kier molecular flexibility index (Phi) is 6.58. The van der Waals surface area contributed by atoms with Crippen LogP contribution < -0.4 is 11.5 Å². The third-order valence-corrected chi connectivity index (χ3v) is 3.21. The average molecular weight is 382 g/mol. The summed E-state index contributed by atoms with van der Waals surface area (Å²) in [6, 6.07) is 11.3. The molecule has 0 saturated heterocycles. The van der Waals surface area contributed by atoms with Crippen molar-refractivity contribution in [1.29, 1.82) is 0 Å². The highest BCUT2D eigenvalue weighted by Gasteiger charge is 2.03. The van der Waals surface area contributed by atoms with E-state index in [-0.39, 0.29) is 23.0 Å². The van der Waals surface area contributed by atoms with E-state index in [1.807, 2.05) is 0 Å². The van der Waals surface area contributed by atoms with Crippen LogP contribution in [0.25, 0.3) is 0 Å². The molecule has 12 nitrogen and oxygen atoms in total. The van der Waals surface area contributed by atoms with Crippen molar-refractivity contribution >= 4 is 35.5 Å². The molecular weight excluding hydrogens is 368 g/mol. The molecule has 0 saturated carbocycles. The molecule has 142 valence electrons. The van der Waals surface area contributed by atoms with Crippen LogP contribution in [0.1, 0.15) is 11.1 Å². The molecule has 28 heavy (non-hydrogen) atoms. The van der Waals surface area contributed by atoms with E-state index in [4.69, 9.17) is 11.5 Å². The van der Waals surface area contributed by atoms with E-state index in [1.165, 1.54) is 61.0 Å². The fourth-order valence-electron chi connectivity index (χ4n) is 1.78. The third-order valence-electron chi connectivity index (χ3n) is 3.21. The van der Waals surface area contributed by atoms with Crippen LogP contribution in [0.4, 0.5) is 11.4 Å². The lowest BCUT2D eigenvalue weighted by molar-refractivity contribution is -0.385. The number of hydrogen-bond acceptors (Lipinski definition) is 8. The Hall–Kier alpha value is -4.48. The Morgan fingerprint density at radius 3 is 1.32 bits per heavy atom. The fourth-order valence-corrected chi connectivity index (χ4v) is 1.78. The van der Waals surface area contributed by atoms with Crippen molar-refractivity contribution in [2.75, 3.05) is 0 Å². The van der Waals surface area contributed by atoms with E-state index in [1.54, 1.807) is 0 Å². The molecule has 0 spiro atoms. The lowest BCUT2D eigenvalue weighted by atomic mass is 10.2. The van der Waals surface area contributed by atoms with Gasteiger partial charge in [0.2, 0.25) is 0 Å². The maximum absolute atomic E-state index is 10.6. The van der Waals surface area contributed by atoms with Crippen LogP contribution in [-0.2, 0) is 0 Å². The first-order chi connectivity index (χ1) is 13.4. The lowest BCUT2D eigenvalue weighted by Gasteiger charge is -1.95. The summed E-state index contributed by atoms with van der Waals surface area (Å²) in [5.41, 5.74) is 12.3. The summed E-state index contributed by atoms with van der Waals surface area (Å²) in [7, 11) is 0. The molecule has 0 aliphatic carbocycles. The predicted octanol–water partition coefficient (Wildman–Crippen LogP) is 1.59. The van der Waals surface area contributed by atoms with Gasteiger partial charge in [0.15, 0.2) is 11.7 Å². The summed E-state index contributed by atoms with van der Waals surface area (Å²) in [5.74, 6) is -0.363. The zero-order valence-electron chi connectivity index (χ0n) is 14.2. The topological polar surface area (TPSA) is 188 Å². The zero-order chi connectivity index (χ0) is 20.5. The smallest absolute Gasteiger partial charge is 0.269 e. The van der Waals surface area contributed by atoms with Crippen molar-refractivity contribution in [2.45, 2.75) is 0 Å². The van der Waals surface area contributed by atoms with Gasteiger partial charge in [-0.15, -0.1) is 10.2 Å². The molecule has 0 aromatic heterocycles. The van der Waals surface area contributed by atoms with Gasteiger partial charge in [0.25, 0.3) is 11.4 Å². The highest BCUT2D eigenvalue weighted by molar-refractivity contribution is 6.39. The molecule has 2 aromatic rings. The number of benzene rings is 2. The van der Waals surface area contributed by atoms with Crippen molar-refractivity contribution in [3.05, 3.63) is 79.9 Å². The number of nitrogens with two attached hydrogens (primary N) is 2. The maximum atomic E-state index is 10.6. The number of amidine groups is 2. The van der Waals surface area contributed by atoms with E-state index in [9.17, 15) is 20.2 Å². The highest BCUT2D eigenvalue weighted by atomic mass is 16.6. The molecule has 12 heteroatoms. The van der Waals surface area contributed by atoms with Crippen molar-refractivity contribution in [2.24, 2.45) is 31.9 Å². The molecule has 0 fully saturated rings. The van der Waals surface area contributed by atoms with E-state index in [0.29, 0.717) is 11.1 Å². The zero-order valence-corrected chi connectivity index (χ0v) is 14.2. The molecule has 2 aromatic carbocycles. The molecule has 0 aliphatic rings. The van der Waals surface area contributed by atoms with E-state index >= 15 is 0 Å². The summed E-state index contributed by atoms with van der Waals surface area (Å²) in [6.07, 6.45) is 2.67. The first-order valence-corrected chi connectivity index (χ1v) is 7.59. The van der Waals surface area contributed by atoms with Crippen molar-refractivity contribution in [1.82, 2.24) is 0 Å². The SMILES string of the molecule is NC(=N\N=C/c1ccc([N+](=O)[O-])cc1)/C(N)=N\N=Cc1ccc([N+](=O)[O-])cc1. The Morgan fingerprint density at radius 1 is 0.714 bits per heavy atom. The van der Waals surface area contributed by atoms with Crippen LogP contribution in [0, 0.1) is 20.2 Å². The molecule has 0 amide bonds. The molecule has 2 rings (SSSR count). The van der Waals surface area contributed by atoms with Crippen molar-refractivity contribution < 1.29 is 9.85 Å². The molecule has 0 radical (unpaired) electrons. The lowest BCUT2D eigenvalue weighted by Crippen LogP contribution is -2.30. The quantitative estimate of drug-likeness (QED) is 0.330. The Morgan fingerprint density at radius 2 is 1.04 bits per heavy atom. The van der Waals surface area contributed by atoms with E-state index < -0.39 is 9.85 Å². The standard InChI is InChI=1S/C16H14N8O4/c17-15(21-19-9-11-1-5-13(6-2-11)23(25)26)16(18)22-20-10-12-3-7-14(8-4-12)24(27)28/h1-10H,(H2,17,21)(H2,18,22)/b19-9-,20-10?. The van der Waals surface area contributed by atoms with Gasteiger partial charge >= 0.3 is 0 Å². The minimum absolute atomic E-state index is 0.0394. The number of hydrogen-bond donors (Lipinski definition) is 2. The number of nitro groups is 2. The van der Waals surface area contributed by atoms with Gasteiger partial charge in [-0.25, -0.2) is 0 Å². The predicted molar refractivity (Wildman–Crippen MR) is 105 cm³/mol. The van der Waals surface area contributed by atoms with Crippen LogP contribution in [0.2, 0.25) is 0 Å². The summed E-state index contributed by atoms with van der Waals surface area (Å²) < 4.78 is 0. The summed E-state index contributed by atoms with van der Waals surface area (Å²) in [5, 5.41) is 35.9.